The van der Waals surface area contributed by atoms with Gasteiger partial charge in [0, 0.05) is 16.7 Å². The Morgan fingerprint density at radius 1 is 1.17 bits per heavy atom. The average Bonchev–Trinajstić information content (AvgIpc) is 3.19. The van der Waals surface area contributed by atoms with E-state index in [-0.39, 0.29) is 33.7 Å². The largest absolute Gasteiger partial charge is 0.506 e. The van der Waals surface area contributed by atoms with Gasteiger partial charge < -0.3 is 14.9 Å². The summed E-state index contributed by atoms with van der Waals surface area (Å²) in [6.45, 7) is -0.235. The fourth-order valence-electron chi connectivity index (χ4n) is 4.02. The molecular weight excluding hydrogens is 528 g/mol. The van der Waals surface area contributed by atoms with Gasteiger partial charge in [0.15, 0.2) is 0 Å². The second-order valence-corrected chi connectivity index (χ2v) is 10.2. The number of pyridine rings is 1. The van der Waals surface area contributed by atoms with Gasteiger partial charge in [0.2, 0.25) is 0 Å². The van der Waals surface area contributed by atoms with E-state index in [1.807, 2.05) is 0 Å². The van der Waals surface area contributed by atoms with Crippen molar-refractivity contribution in [2.24, 2.45) is 0 Å². The topological polar surface area (TPSA) is 143 Å². The molecule has 1 aromatic heterocycles. The summed E-state index contributed by atoms with van der Waals surface area (Å²) in [5, 5.41) is 18.4. The molecule has 3 aromatic rings. The number of hydrogen-bond acceptors (Lipinski definition) is 6. The smallest absolute Gasteiger partial charge is 0.311 e. The molecule has 1 heterocycles. The van der Waals surface area contributed by atoms with Crippen LogP contribution in [0.15, 0.2) is 47.4 Å². The zero-order valence-electron chi connectivity index (χ0n) is 17.5. The molecule has 3 N–H and O–H groups in total. The fraction of sp³-hybridized carbons (Fsp3) is 0.182. The second-order valence-electron chi connectivity index (χ2n) is 7.75. The number of hydrogen-bond donors (Lipinski definition) is 3. The Morgan fingerprint density at radius 3 is 2.49 bits per heavy atom. The summed E-state index contributed by atoms with van der Waals surface area (Å²) < 4.78 is 53.4. The molecule has 35 heavy (non-hydrogen) atoms. The van der Waals surface area contributed by atoms with Crippen LogP contribution in [0.4, 0.5) is 4.39 Å². The first-order valence-electron chi connectivity index (χ1n) is 9.93. The summed E-state index contributed by atoms with van der Waals surface area (Å²) in [7, 11) is -4.79. The number of aromatic nitrogens is 1. The van der Waals surface area contributed by atoms with Crippen molar-refractivity contribution in [3.05, 3.63) is 85.5 Å². The van der Waals surface area contributed by atoms with Crippen LogP contribution in [-0.4, -0.2) is 33.7 Å². The quantitative estimate of drug-likeness (QED) is 0.394. The highest BCUT2D eigenvalue weighted by atomic mass is 35.5. The van der Waals surface area contributed by atoms with Crippen LogP contribution in [0.3, 0.4) is 0 Å². The standard InChI is InChI=1S/C22H16Cl2FNO8S/c23-13-2-1-3-15(25)12(13)9-34-17-5-4-10(6-14(17)24)26-8-16(27)20-18(35(31,32)33)7-11(22(29)30)19(20)21(26)28/h1-6,8,11,18,27H,7,9H2,(H,29,30)(H,31,32,33). The maximum absolute atomic E-state index is 14.0. The van der Waals surface area contributed by atoms with Gasteiger partial charge >= 0.3 is 5.97 Å². The maximum Gasteiger partial charge on any atom is 0.311 e. The van der Waals surface area contributed by atoms with Crippen molar-refractivity contribution in [2.45, 2.75) is 24.2 Å². The van der Waals surface area contributed by atoms with Gasteiger partial charge in [-0.2, -0.15) is 8.42 Å². The van der Waals surface area contributed by atoms with E-state index in [2.05, 4.69) is 0 Å². The van der Waals surface area contributed by atoms with Crippen LogP contribution in [0.5, 0.6) is 11.5 Å². The van der Waals surface area contributed by atoms with E-state index < -0.39 is 61.9 Å². The first kappa shape index (κ1) is 25.0. The highest BCUT2D eigenvalue weighted by molar-refractivity contribution is 7.86. The molecule has 0 radical (unpaired) electrons. The minimum atomic E-state index is -4.79. The molecule has 0 spiro atoms. The Bertz CT molecular complexity index is 1500. The summed E-state index contributed by atoms with van der Waals surface area (Å²) in [5.74, 6) is -4.17. The minimum Gasteiger partial charge on any atom is -0.506 e. The van der Waals surface area contributed by atoms with Crippen molar-refractivity contribution in [3.8, 4) is 17.2 Å². The Kier molecular flexibility index (Phi) is 6.54. The molecule has 0 saturated heterocycles. The summed E-state index contributed by atoms with van der Waals surface area (Å²) in [6.07, 6.45) is 0.303. The highest BCUT2D eigenvalue weighted by Gasteiger charge is 2.46. The first-order valence-corrected chi connectivity index (χ1v) is 12.2. The molecule has 0 aliphatic heterocycles. The summed E-state index contributed by atoms with van der Waals surface area (Å²) in [6, 6.07) is 8.20. The van der Waals surface area contributed by atoms with E-state index in [1.165, 1.54) is 36.4 Å². The first-order chi connectivity index (χ1) is 16.4. The van der Waals surface area contributed by atoms with E-state index >= 15 is 0 Å². The zero-order chi connectivity index (χ0) is 25.7. The van der Waals surface area contributed by atoms with Crippen molar-refractivity contribution in [3.63, 3.8) is 0 Å². The molecule has 2 aromatic carbocycles. The number of carboxylic acids is 1. The van der Waals surface area contributed by atoms with Crippen LogP contribution < -0.4 is 10.3 Å². The third kappa shape index (κ3) is 4.59. The summed E-state index contributed by atoms with van der Waals surface area (Å²) in [4.78, 5) is 24.9. The highest BCUT2D eigenvalue weighted by Crippen LogP contribution is 2.47. The van der Waals surface area contributed by atoms with Crippen LogP contribution >= 0.6 is 23.2 Å². The van der Waals surface area contributed by atoms with E-state index in [0.29, 0.717) is 0 Å². The molecule has 1 aliphatic rings. The van der Waals surface area contributed by atoms with Gasteiger partial charge in [-0.1, -0.05) is 29.3 Å². The lowest BCUT2D eigenvalue weighted by Gasteiger charge is -2.15. The van der Waals surface area contributed by atoms with Crippen LogP contribution in [0.2, 0.25) is 10.0 Å². The van der Waals surface area contributed by atoms with Crippen molar-refractivity contribution in [1.29, 1.82) is 0 Å². The number of benzene rings is 2. The third-order valence-corrected chi connectivity index (χ3v) is 7.47. The zero-order valence-corrected chi connectivity index (χ0v) is 19.8. The molecule has 0 fully saturated rings. The number of carboxylic acid groups (broad SMARTS) is 1. The van der Waals surface area contributed by atoms with Crippen molar-refractivity contribution in [2.75, 3.05) is 0 Å². The lowest BCUT2D eigenvalue weighted by molar-refractivity contribution is -0.138. The Hall–Kier alpha value is -3.12. The second kappa shape index (κ2) is 9.15. The lowest BCUT2D eigenvalue weighted by Crippen LogP contribution is -2.26. The number of aliphatic carboxylic acids is 1. The number of nitrogens with zero attached hydrogens (tertiary/aromatic N) is 1. The summed E-state index contributed by atoms with van der Waals surface area (Å²) in [5.41, 5.74) is -1.59. The predicted octanol–water partition coefficient (Wildman–Crippen LogP) is 4.07. The number of ether oxygens (including phenoxy) is 1. The van der Waals surface area contributed by atoms with Gasteiger partial charge in [0.25, 0.3) is 15.7 Å². The Morgan fingerprint density at radius 2 is 1.89 bits per heavy atom. The predicted molar refractivity (Wildman–Crippen MR) is 124 cm³/mol. The van der Waals surface area contributed by atoms with Gasteiger partial charge in [0.1, 0.15) is 29.2 Å². The van der Waals surface area contributed by atoms with E-state index in [1.54, 1.807) is 0 Å². The average molecular weight is 544 g/mol. The number of halogens is 3. The van der Waals surface area contributed by atoms with E-state index in [0.717, 1.165) is 10.8 Å². The number of carbonyl (C=O) groups is 1. The Labute approximate surface area is 207 Å². The van der Waals surface area contributed by atoms with Crippen molar-refractivity contribution >= 4 is 39.3 Å². The van der Waals surface area contributed by atoms with Gasteiger partial charge in [0.05, 0.1) is 27.8 Å². The maximum atomic E-state index is 14.0. The third-order valence-electron chi connectivity index (χ3n) is 5.67. The van der Waals surface area contributed by atoms with Gasteiger partial charge in [-0.15, -0.1) is 0 Å². The molecule has 4 rings (SSSR count). The van der Waals surface area contributed by atoms with Crippen LogP contribution in [0, 0.1) is 5.82 Å². The number of rotatable bonds is 6. The van der Waals surface area contributed by atoms with E-state index in [9.17, 15) is 37.2 Å². The van der Waals surface area contributed by atoms with Crippen LogP contribution in [0.1, 0.15) is 34.3 Å². The minimum absolute atomic E-state index is 0.00690. The number of fused-ring (bicyclic) bond motifs is 1. The van der Waals surface area contributed by atoms with E-state index in [4.69, 9.17) is 27.9 Å². The van der Waals surface area contributed by atoms with Crippen molar-refractivity contribution in [1.82, 2.24) is 4.57 Å². The molecule has 0 amide bonds. The van der Waals surface area contributed by atoms with Gasteiger partial charge in [-0.3, -0.25) is 18.7 Å². The Balaban J connectivity index is 1.73. The summed E-state index contributed by atoms with van der Waals surface area (Å²) >= 11 is 12.2. The normalized spacial score (nSPS) is 17.3. The molecule has 9 nitrogen and oxygen atoms in total. The fourth-order valence-corrected chi connectivity index (χ4v) is 5.45. The van der Waals surface area contributed by atoms with Crippen molar-refractivity contribution < 1.29 is 37.1 Å². The monoisotopic (exact) mass is 543 g/mol. The molecule has 1 aliphatic carbocycles. The molecule has 0 saturated carbocycles. The molecular formula is C22H16Cl2FNO8S. The number of aromatic hydroxyl groups is 1. The molecule has 2 unspecified atom stereocenters. The molecule has 0 bridgehead atoms. The van der Waals surface area contributed by atoms with Crippen LogP contribution in [-0.2, 0) is 21.5 Å². The van der Waals surface area contributed by atoms with Gasteiger partial charge in [-0.25, -0.2) is 4.39 Å². The SMILES string of the molecule is O=C(O)C1CC(S(=O)(=O)O)c2c(O)cn(-c3ccc(OCc4c(F)cccc4Cl)c(Cl)c3)c(=O)c21. The molecule has 13 heteroatoms. The molecule has 2 atom stereocenters. The molecule has 184 valence electrons. The van der Waals surface area contributed by atoms with Gasteiger partial charge in [-0.05, 0) is 36.8 Å². The van der Waals surface area contributed by atoms with Crippen LogP contribution in [0.25, 0.3) is 5.69 Å². The lowest BCUT2D eigenvalue weighted by atomic mass is 10.0.